The summed E-state index contributed by atoms with van der Waals surface area (Å²) in [5.41, 5.74) is 6.78. The van der Waals surface area contributed by atoms with Crippen LogP contribution in [0.15, 0.2) is 72.8 Å². The van der Waals surface area contributed by atoms with E-state index in [1.807, 2.05) is 0 Å². The van der Waals surface area contributed by atoms with E-state index in [-0.39, 0.29) is 5.91 Å². The third-order valence-corrected chi connectivity index (χ3v) is 4.16. The quantitative estimate of drug-likeness (QED) is 0.526. The smallest absolute Gasteiger partial charge is 0.255 e. The topological polar surface area (TPSA) is 99.9 Å². The number of anilines is 1. The summed E-state index contributed by atoms with van der Waals surface area (Å²) in [5, 5.41) is 2.83. The van der Waals surface area contributed by atoms with Gasteiger partial charge in [-0.1, -0.05) is 0 Å². The van der Waals surface area contributed by atoms with Gasteiger partial charge in [-0.05, 0) is 72.8 Å². The van der Waals surface area contributed by atoms with Crippen molar-refractivity contribution in [3.8, 4) is 17.2 Å². The van der Waals surface area contributed by atoms with Crippen molar-refractivity contribution in [2.75, 3.05) is 25.6 Å². The van der Waals surface area contributed by atoms with Crippen LogP contribution in [0.4, 0.5) is 5.69 Å². The lowest BCUT2D eigenvalue weighted by atomic mass is 10.2. The van der Waals surface area contributed by atoms with E-state index in [4.69, 9.17) is 19.9 Å². The summed E-state index contributed by atoms with van der Waals surface area (Å²) in [7, 11) is 1.61. The zero-order valence-electron chi connectivity index (χ0n) is 16.5. The van der Waals surface area contributed by atoms with Gasteiger partial charge in [-0.25, -0.2) is 0 Å². The van der Waals surface area contributed by atoms with E-state index in [2.05, 4.69) is 5.32 Å². The minimum atomic E-state index is -0.495. The molecule has 0 saturated heterocycles. The third-order valence-electron chi connectivity index (χ3n) is 4.16. The summed E-state index contributed by atoms with van der Waals surface area (Å²) in [6, 6.07) is 20.3. The van der Waals surface area contributed by atoms with Crippen molar-refractivity contribution < 1.29 is 23.8 Å². The minimum Gasteiger partial charge on any atom is -0.491 e. The molecule has 0 aliphatic rings. The summed E-state index contributed by atoms with van der Waals surface area (Å²) >= 11 is 0. The molecule has 154 valence electrons. The predicted octanol–water partition coefficient (Wildman–Crippen LogP) is 3.86. The molecule has 0 heterocycles. The first kappa shape index (κ1) is 20.9. The van der Waals surface area contributed by atoms with Crippen molar-refractivity contribution in [2.24, 2.45) is 5.73 Å². The zero-order valence-corrected chi connectivity index (χ0v) is 16.5. The number of hydrogen-bond donors (Lipinski definition) is 2. The van der Waals surface area contributed by atoms with Gasteiger partial charge in [0.2, 0.25) is 5.91 Å². The highest BCUT2D eigenvalue weighted by atomic mass is 16.5. The Bertz CT molecular complexity index is 984. The molecule has 0 bridgehead atoms. The number of carbonyl (C=O) groups is 2. The Labute approximate surface area is 174 Å². The van der Waals surface area contributed by atoms with Gasteiger partial charge in [0.25, 0.3) is 5.91 Å². The number of amides is 2. The lowest BCUT2D eigenvalue weighted by Crippen LogP contribution is -2.11. The number of methoxy groups -OCH3 is 1. The first-order valence-electron chi connectivity index (χ1n) is 9.26. The van der Waals surface area contributed by atoms with Gasteiger partial charge in [0.05, 0.1) is 6.61 Å². The molecule has 0 atom stereocenters. The zero-order chi connectivity index (χ0) is 21.3. The van der Waals surface area contributed by atoms with Crippen LogP contribution in [0, 0.1) is 0 Å². The Morgan fingerprint density at radius 2 is 1.30 bits per heavy atom. The molecule has 3 N–H and O–H groups in total. The van der Waals surface area contributed by atoms with Gasteiger partial charge in [-0.3, -0.25) is 9.59 Å². The van der Waals surface area contributed by atoms with Crippen LogP contribution in [0.3, 0.4) is 0 Å². The van der Waals surface area contributed by atoms with Crippen molar-refractivity contribution in [1.82, 2.24) is 0 Å². The van der Waals surface area contributed by atoms with E-state index < -0.39 is 5.91 Å². The summed E-state index contributed by atoms with van der Waals surface area (Å²) in [6.07, 6.45) is 0. The second kappa shape index (κ2) is 10.1. The van der Waals surface area contributed by atoms with E-state index in [0.29, 0.717) is 47.3 Å². The number of ether oxygens (including phenoxy) is 3. The average Bonchev–Trinajstić information content (AvgIpc) is 2.76. The standard InChI is InChI=1S/C23H22N2O5/c1-28-14-15-29-19-12-6-18(7-13-19)25-23(27)17-4-10-21(11-5-17)30-20-8-2-16(3-9-20)22(24)26/h2-13H,14-15H2,1H3,(H2,24,26)(H,25,27). The Kier molecular flexibility index (Phi) is 7.02. The van der Waals surface area contributed by atoms with Gasteiger partial charge in [-0.2, -0.15) is 0 Å². The van der Waals surface area contributed by atoms with Gasteiger partial charge in [-0.15, -0.1) is 0 Å². The molecule has 0 aliphatic carbocycles. The van der Waals surface area contributed by atoms with Crippen LogP contribution in [-0.4, -0.2) is 32.1 Å². The number of carbonyl (C=O) groups excluding carboxylic acids is 2. The maximum absolute atomic E-state index is 12.4. The fourth-order valence-electron chi connectivity index (χ4n) is 2.58. The largest absolute Gasteiger partial charge is 0.491 e. The number of nitrogens with one attached hydrogen (secondary N) is 1. The molecule has 30 heavy (non-hydrogen) atoms. The van der Waals surface area contributed by atoms with Crippen molar-refractivity contribution >= 4 is 17.5 Å². The number of benzene rings is 3. The first-order chi connectivity index (χ1) is 14.5. The van der Waals surface area contributed by atoms with E-state index in [0.717, 1.165) is 0 Å². The van der Waals surface area contributed by atoms with Gasteiger partial charge in [0.15, 0.2) is 0 Å². The maximum atomic E-state index is 12.4. The third kappa shape index (κ3) is 5.83. The molecule has 2 amide bonds. The first-order valence-corrected chi connectivity index (χ1v) is 9.26. The highest BCUT2D eigenvalue weighted by Gasteiger charge is 2.07. The van der Waals surface area contributed by atoms with Gasteiger partial charge >= 0.3 is 0 Å². The van der Waals surface area contributed by atoms with Crippen LogP contribution < -0.4 is 20.5 Å². The Balaban J connectivity index is 1.56. The van der Waals surface area contributed by atoms with Gasteiger partial charge < -0.3 is 25.3 Å². The highest BCUT2D eigenvalue weighted by Crippen LogP contribution is 2.23. The number of hydrogen-bond acceptors (Lipinski definition) is 5. The minimum absolute atomic E-state index is 0.236. The second-order valence-corrected chi connectivity index (χ2v) is 6.33. The molecule has 7 nitrogen and oxygen atoms in total. The molecular weight excluding hydrogens is 384 g/mol. The fourth-order valence-corrected chi connectivity index (χ4v) is 2.58. The van der Waals surface area contributed by atoms with Crippen LogP contribution in [0.25, 0.3) is 0 Å². The summed E-state index contributed by atoms with van der Waals surface area (Å²) in [4.78, 5) is 23.5. The molecule has 3 rings (SSSR count). The van der Waals surface area contributed by atoms with Crippen LogP contribution in [0.2, 0.25) is 0 Å². The average molecular weight is 406 g/mol. The Hall–Kier alpha value is -3.84. The Morgan fingerprint density at radius 3 is 1.83 bits per heavy atom. The molecular formula is C23H22N2O5. The van der Waals surface area contributed by atoms with Crippen molar-refractivity contribution in [1.29, 1.82) is 0 Å². The molecule has 0 radical (unpaired) electrons. The summed E-state index contributed by atoms with van der Waals surface area (Å²) in [6.45, 7) is 0.975. The monoisotopic (exact) mass is 406 g/mol. The van der Waals surface area contributed by atoms with Crippen molar-refractivity contribution in [2.45, 2.75) is 0 Å². The molecule has 3 aromatic rings. The maximum Gasteiger partial charge on any atom is 0.255 e. The molecule has 3 aromatic carbocycles. The van der Waals surface area contributed by atoms with Crippen molar-refractivity contribution in [3.05, 3.63) is 83.9 Å². The van der Waals surface area contributed by atoms with E-state index in [1.54, 1.807) is 79.9 Å². The van der Waals surface area contributed by atoms with E-state index in [1.165, 1.54) is 0 Å². The fraction of sp³-hybridized carbons (Fsp3) is 0.130. The molecule has 0 aromatic heterocycles. The predicted molar refractivity (Wildman–Crippen MR) is 113 cm³/mol. The van der Waals surface area contributed by atoms with Crippen LogP contribution in [0.5, 0.6) is 17.2 Å². The highest BCUT2D eigenvalue weighted by molar-refractivity contribution is 6.04. The number of primary amides is 1. The normalized spacial score (nSPS) is 10.3. The molecule has 0 spiro atoms. The lowest BCUT2D eigenvalue weighted by Gasteiger charge is -2.09. The van der Waals surface area contributed by atoms with Gasteiger partial charge in [0.1, 0.15) is 23.9 Å². The lowest BCUT2D eigenvalue weighted by molar-refractivity contribution is 0.0997. The molecule has 0 aliphatic heterocycles. The van der Waals surface area contributed by atoms with Crippen LogP contribution in [0.1, 0.15) is 20.7 Å². The van der Waals surface area contributed by atoms with E-state index in [9.17, 15) is 9.59 Å². The molecule has 0 saturated carbocycles. The summed E-state index contributed by atoms with van der Waals surface area (Å²) in [5.74, 6) is 1.10. The number of rotatable bonds is 9. The van der Waals surface area contributed by atoms with Crippen LogP contribution >= 0.6 is 0 Å². The molecule has 0 unspecified atom stereocenters. The van der Waals surface area contributed by atoms with Gasteiger partial charge in [0, 0.05) is 23.9 Å². The van der Waals surface area contributed by atoms with Crippen LogP contribution in [-0.2, 0) is 4.74 Å². The summed E-state index contributed by atoms with van der Waals surface area (Å²) < 4.78 is 16.1. The number of nitrogens with two attached hydrogens (primary N) is 1. The second-order valence-electron chi connectivity index (χ2n) is 6.33. The Morgan fingerprint density at radius 1 is 0.767 bits per heavy atom. The van der Waals surface area contributed by atoms with E-state index >= 15 is 0 Å². The van der Waals surface area contributed by atoms with Crippen molar-refractivity contribution in [3.63, 3.8) is 0 Å². The SMILES string of the molecule is COCCOc1ccc(NC(=O)c2ccc(Oc3ccc(C(N)=O)cc3)cc2)cc1. The molecule has 0 fully saturated rings. The molecule has 7 heteroatoms.